The van der Waals surface area contributed by atoms with Crippen LogP contribution < -0.4 is 10.5 Å². The van der Waals surface area contributed by atoms with Crippen LogP contribution in [0.4, 0.5) is 0 Å². The Balaban J connectivity index is 2.29. The number of ether oxygens (including phenoxy) is 1. The van der Waals surface area contributed by atoms with E-state index in [1.165, 1.54) is 0 Å². The summed E-state index contributed by atoms with van der Waals surface area (Å²) in [6.07, 6.45) is 1.78. The number of carbonyl (C=O) groups excluding carboxylic acids is 1. The molecule has 0 radical (unpaired) electrons. The van der Waals surface area contributed by atoms with E-state index in [-0.39, 0.29) is 0 Å². The van der Waals surface area contributed by atoms with Gasteiger partial charge in [-0.2, -0.15) is 0 Å². The third-order valence-electron chi connectivity index (χ3n) is 3.13. The number of benzene rings is 2. The number of rotatable bonds is 1. The Bertz CT molecular complexity index is 702. The van der Waals surface area contributed by atoms with E-state index in [1.807, 2.05) is 49.4 Å². The molecule has 3 rings (SSSR count). The summed E-state index contributed by atoms with van der Waals surface area (Å²) in [5, 5.41) is 0. The minimum absolute atomic E-state index is 0.453. The van der Waals surface area contributed by atoms with Crippen molar-refractivity contribution >= 4 is 17.6 Å². The minimum atomic E-state index is -0.453. The van der Waals surface area contributed by atoms with Crippen molar-refractivity contribution in [1.82, 2.24) is 0 Å². The van der Waals surface area contributed by atoms with Gasteiger partial charge in [0.05, 0.1) is 5.57 Å². The molecule has 3 nitrogen and oxygen atoms in total. The molecule has 2 aromatic carbocycles. The normalized spacial score (nSPS) is 12.6. The number of carbonyl (C=O) groups is 1. The predicted molar refractivity (Wildman–Crippen MR) is 74.8 cm³/mol. The molecule has 3 heteroatoms. The number of fused-ring (bicyclic) bond motifs is 2. The highest BCUT2D eigenvalue weighted by atomic mass is 16.5. The third kappa shape index (κ3) is 1.99. The smallest absolute Gasteiger partial charge is 0.249 e. The zero-order valence-corrected chi connectivity index (χ0v) is 10.5. The molecule has 0 aromatic heterocycles. The summed E-state index contributed by atoms with van der Waals surface area (Å²) in [5.41, 5.74) is 8.61. The Morgan fingerprint density at radius 2 is 1.89 bits per heavy atom. The molecule has 0 unspecified atom stereocenters. The molecule has 0 atom stereocenters. The molecule has 0 fully saturated rings. The van der Waals surface area contributed by atoms with Gasteiger partial charge in [-0.3, -0.25) is 4.79 Å². The summed E-state index contributed by atoms with van der Waals surface area (Å²) in [6.45, 7) is 1.98. The molecule has 1 heterocycles. The monoisotopic (exact) mass is 251 g/mol. The SMILES string of the molecule is Cc1ccc2c(c1)Oc1ccccc1C=C2C(N)=O. The van der Waals surface area contributed by atoms with Gasteiger partial charge in [0.1, 0.15) is 11.5 Å². The highest BCUT2D eigenvalue weighted by Gasteiger charge is 2.19. The van der Waals surface area contributed by atoms with E-state index in [9.17, 15) is 4.79 Å². The fourth-order valence-corrected chi connectivity index (χ4v) is 2.18. The van der Waals surface area contributed by atoms with Crippen molar-refractivity contribution in [2.75, 3.05) is 0 Å². The zero-order valence-electron chi connectivity index (χ0n) is 10.5. The Kier molecular flexibility index (Phi) is 2.60. The summed E-state index contributed by atoms with van der Waals surface area (Å²) in [6, 6.07) is 13.3. The first kappa shape index (κ1) is 11.5. The van der Waals surface area contributed by atoms with Gasteiger partial charge in [-0.1, -0.05) is 30.3 Å². The van der Waals surface area contributed by atoms with Crippen molar-refractivity contribution in [3.63, 3.8) is 0 Å². The average molecular weight is 251 g/mol. The molecule has 94 valence electrons. The molecular formula is C16H13NO2. The first-order chi connectivity index (χ1) is 9.15. The van der Waals surface area contributed by atoms with Gasteiger partial charge in [-0.25, -0.2) is 0 Å². The Morgan fingerprint density at radius 3 is 2.68 bits per heavy atom. The van der Waals surface area contributed by atoms with Gasteiger partial charge >= 0.3 is 0 Å². The van der Waals surface area contributed by atoms with E-state index in [4.69, 9.17) is 10.5 Å². The highest BCUT2D eigenvalue weighted by Crippen LogP contribution is 2.38. The summed E-state index contributed by atoms with van der Waals surface area (Å²) < 4.78 is 5.90. The van der Waals surface area contributed by atoms with Crippen molar-refractivity contribution in [3.8, 4) is 11.5 Å². The Labute approximate surface area is 111 Å². The van der Waals surface area contributed by atoms with E-state index in [0.29, 0.717) is 11.3 Å². The fourth-order valence-electron chi connectivity index (χ4n) is 2.18. The van der Waals surface area contributed by atoms with E-state index in [0.717, 1.165) is 22.4 Å². The first-order valence-electron chi connectivity index (χ1n) is 6.04. The number of aryl methyl sites for hydroxylation is 1. The number of primary amides is 1. The topological polar surface area (TPSA) is 52.3 Å². The van der Waals surface area contributed by atoms with Crippen LogP contribution in [0.2, 0.25) is 0 Å². The minimum Gasteiger partial charge on any atom is -0.456 e. The van der Waals surface area contributed by atoms with Gasteiger partial charge in [0, 0.05) is 11.1 Å². The van der Waals surface area contributed by atoms with E-state index in [1.54, 1.807) is 6.08 Å². The number of hydrogen-bond acceptors (Lipinski definition) is 2. The van der Waals surface area contributed by atoms with Gasteiger partial charge in [0.25, 0.3) is 0 Å². The van der Waals surface area contributed by atoms with Crippen molar-refractivity contribution < 1.29 is 9.53 Å². The standard InChI is InChI=1S/C16H13NO2/c1-10-6-7-12-13(16(17)18)9-11-4-2-3-5-14(11)19-15(12)8-10/h2-9H,1H3,(H2,17,18). The zero-order chi connectivity index (χ0) is 13.4. The van der Waals surface area contributed by atoms with Crippen LogP contribution in [0, 0.1) is 6.92 Å². The second-order valence-electron chi connectivity index (χ2n) is 4.56. The van der Waals surface area contributed by atoms with Gasteiger partial charge in [0.15, 0.2) is 0 Å². The molecule has 2 aromatic rings. The summed E-state index contributed by atoms with van der Waals surface area (Å²) >= 11 is 0. The number of nitrogens with two attached hydrogens (primary N) is 1. The van der Waals surface area contributed by atoms with Crippen molar-refractivity contribution in [2.45, 2.75) is 6.92 Å². The Hall–Kier alpha value is -2.55. The second-order valence-corrected chi connectivity index (χ2v) is 4.56. The van der Waals surface area contributed by atoms with Crippen molar-refractivity contribution in [1.29, 1.82) is 0 Å². The molecular weight excluding hydrogens is 238 g/mol. The molecule has 1 aliphatic heterocycles. The quantitative estimate of drug-likeness (QED) is 0.846. The van der Waals surface area contributed by atoms with Gasteiger partial charge in [0.2, 0.25) is 5.91 Å². The summed E-state index contributed by atoms with van der Waals surface area (Å²) in [4.78, 5) is 11.7. The van der Waals surface area contributed by atoms with Crippen LogP contribution in [0.25, 0.3) is 11.6 Å². The Morgan fingerprint density at radius 1 is 1.11 bits per heavy atom. The third-order valence-corrected chi connectivity index (χ3v) is 3.13. The molecule has 2 N–H and O–H groups in total. The maximum atomic E-state index is 11.7. The molecule has 0 saturated heterocycles. The second kappa shape index (κ2) is 4.28. The largest absolute Gasteiger partial charge is 0.456 e. The summed E-state index contributed by atoms with van der Waals surface area (Å²) in [5.74, 6) is 0.936. The molecule has 19 heavy (non-hydrogen) atoms. The fraction of sp³-hybridized carbons (Fsp3) is 0.0625. The van der Waals surface area contributed by atoms with Crippen LogP contribution >= 0.6 is 0 Å². The number of para-hydroxylation sites is 1. The predicted octanol–water partition coefficient (Wildman–Crippen LogP) is 3.13. The lowest BCUT2D eigenvalue weighted by Crippen LogP contribution is -2.12. The average Bonchev–Trinajstić information content (AvgIpc) is 2.54. The van der Waals surface area contributed by atoms with Gasteiger partial charge in [-0.15, -0.1) is 0 Å². The molecule has 1 amide bonds. The van der Waals surface area contributed by atoms with Crippen LogP contribution in [-0.4, -0.2) is 5.91 Å². The highest BCUT2D eigenvalue weighted by molar-refractivity contribution is 6.24. The molecule has 0 bridgehead atoms. The molecule has 1 aliphatic rings. The van der Waals surface area contributed by atoms with E-state index in [2.05, 4.69) is 0 Å². The number of hydrogen-bond donors (Lipinski definition) is 1. The van der Waals surface area contributed by atoms with Gasteiger partial charge < -0.3 is 10.5 Å². The van der Waals surface area contributed by atoms with E-state index < -0.39 is 5.91 Å². The lowest BCUT2D eigenvalue weighted by Gasteiger charge is -2.10. The molecule has 0 saturated carbocycles. The van der Waals surface area contributed by atoms with Crippen LogP contribution in [0.5, 0.6) is 11.5 Å². The number of amides is 1. The molecule has 0 spiro atoms. The maximum absolute atomic E-state index is 11.7. The first-order valence-corrected chi connectivity index (χ1v) is 6.04. The lowest BCUT2D eigenvalue weighted by atomic mass is 10.0. The van der Waals surface area contributed by atoms with E-state index >= 15 is 0 Å². The molecule has 0 aliphatic carbocycles. The summed E-state index contributed by atoms with van der Waals surface area (Å²) in [7, 11) is 0. The maximum Gasteiger partial charge on any atom is 0.249 e. The van der Waals surface area contributed by atoms with Crippen molar-refractivity contribution in [3.05, 3.63) is 59.2 Å². The van der Waals surface area contributed by atoms with Crippen LogP contribution in [-0.2, 0) is 4.79 Å². The van der Waals surface area contributed by atoms with Gasteiger partial charge in [-0.05, 0) is 30.7 Å². The lowest BCUT2D eigenvalue weighted by molar-refractivity contribution is -0.112. The van der Waals surface area contributed by atoms with Crippen LogP contribution in [0.15, 0.2) is 42.5 Å². The van der Waals surface area contributed by atoms with Crippen LogP contribution in [0.3, 0.4) is 0 Å². The van der Waals surface area contributed by atoms with Crippen LogP contribution in [0.1, 0.15) is 16.7 Å². The van der Waals surface area contributed by atoms with Crippen molar-refractivity contribution in [2.24, 2.45) is 5.73 Å².